The SMILES string of the molecule is CC(N)c1cc(Br)ccc1Oc1ccccc1[N+](=O)[O-]. The van der Waals surface area contributed by atoms with Crippen molar-refractivity contribution in [3.63, 3.8) is 0 Å². The van der Waals surface area contributed by atoms with E-state index in [4.69, 9.17) is 10.5 Å². The predicted octanol–water partition coefficient (Wildman–Crippen LogP) is 4.17. The Bertz CT molecular complexity index is 644. The van der Waals surface area contributed by atoms with Crippen LogP contribution >= 0.6 is 15.9 Å². The summed E-state index contributed by atoms with van der Waals surface area (Å²) in [6, 6.07) is 11.4. The summed E-state index contributed by atoms with van der Waals surface area (Å²) in [6.07, 6.45) is 0. The van der Waals surface area contributed by atoms with Crippen molar-refractivity contribution in [3.05, 3.63) is 62.6 Å². The summed E-state index contributed by atoms with van der Waals surface area (Å²) in [6.45, 7) is 1.83. The van der Waals surface area contributed by atoms with Crippen LogP contribution in [-0.4, -0.2) is 4.92 Å². The van der Waals surface area contributed by atoms with Crippen molar-refractivity contribution in [2.24, 2.45) is 5.73 Å². The van der Waals surface area contributed by atoms with Gasteiger partial charge in [0, 0.05) is 22.1 Å². The first-order valence-electron chi connectivity index (χ1n) is 5.95. The topological polar surface area (TPSA) is 78.4 Å². The Hall–Kier alpha value is -1.92. The monoisotopic (exact) mass is 336 g/mol. The van der Waals surface area contributed by atoms with E-state index in [1.54, 1.807) is 30.3 Å². The van der Waals surface area contributed by atoms with Gasteiger partial charge in [-0.3, -0.25) is 10.1 Å². The molecule has 0 fully saturated rings. The van der Waals surface area contributed by atoms with Gasteiger partial charge in [0.15, 0.2) is 0 Å². The molecule has 1 unspecified atom stereocenters. The van der Waals surface area contributed by atoms with Gasteiger partial charge in [0.25, 0.3) is 0 Å². The highest BCUT2D eigenvalue weighted by molar-refractivity contribution is 9.10. The summed E-state index contributed by atoms with van der Waals surface area (Å²) in [7, 11) is 0. The normalized spacial score (nSPS) is 11.9. The average molecular weight is 337 g/mol. The number of hydrogen-bond donors (Lipinski definition) is 1. The lowest BCUT2D eigenvalue weighted by Crippen LogP contribution is -2.07. The third-order valence-corrected chi connectivity index (χ3v) is 3.24. The minimum Gasteiger partial charge on any atom is -0.450 e. The number of benzene rings is 2. The molecule has 0 aromatic heterocycles. The zero-order valence-electron chi connectivity index (χ0n) is 10.7. The van der Waals surface area contributed by atoms with Gasteiger partial charge in [-0.05, 0) is 31.2 Å². The Kier molecular flexibility index (Phi) is 4.36. The molecule has 0 heterocycles. The molecule has 0 bridgehead atoms. The fraction of sp³-hybridized carbons (Fsp3) is 0.143. The van der Waals surface area contributed by atoms with Crippen LogP contribution in [0.15, 0.2) is 46.9 Å². The van der Waals surface area contributed by atoms with Gasteiger partial charge in [0.2, 0.25) is 5.75 Å². The molecule has 2 N–H and O–H groups in total. The van der Waals surface area contributed by atoms with E-state index in [1.807, 2.05) is 13.0 Å². The summed E-state index contributed by atoms with van der Waals surface area (Å²) < 4.78 is 6.55. The minimum absolute atomic E-state index is 0.0777. The van der Waals surface area contributed by atoms with Gasteiger partial charge in [-0.1, -0.05) is 28.1 Å². The van der Waals surface area contributed by atoms with Crippen LogP contribution < -0.4 is 10.5 Å². The molecule has 0 radical (unpaired) electrons. The number of nitro groups is 1. The van der Waals surface area contributed by atoms with Gasteiger partial charge >= 0.3 is 5.69 Å². The maximum Gasteiger partial charge on any atom is 0.311 e. The Labute approximate surface area is 124 Å². The van der Waals surface area contributed by atoms with E-state index in [-0.39, 0.29) is 17.5 Å². The fourth-order valence-corrected chi connectivity index (χ4v) is 2.16. The number of nitro benzene ring substituents is 1. The van der Waals surface area contributed by atoms with Gasteiger partial charge in [-0.2, -0.15) is 0 Å². The fourth-order valence-electron chi connectivity index (χ4n) is 1.78. The molecular weight excluding hydrogens is 324 g/mol. The van der Waals surface area contributed by atoms with Crippen LogP contribution in [-0.2, 0) is 0 Å². The van der Waals surface area contributed by atoms with Gasteiger partial charge in [0.05, 0.1) is 4.92 Å². The zero-order chi connectivity index (χ0) is 14.7. The Morgan fingerprint density at radius 3 is 2.60 bits per heavy atom. The Morgan fingerprint density at radius 1 is 1.25 bits per heavy atom. The van der Waals surface area contributed by atoms with Crippen molar-refractivity contribution in [2.75, 3.05) is 0 Å². The van der Waals surface area contributed by atoms with Crippen LogP contribution in [0.2, 0.25) is 0 Å². The van der Waals surface area contributed by atoms with E-state index in [2.05, 4.69) is 15.9 Å². The van der Waals surface area contributed by atoms with Crippen LogP contribution in [0.25, 0.3) is 0 Å². The quantitative estimate of drug-likeness (QED) is 0.671. The van der Waals surface area contributed by atoms with E-state index < -0.39 is 4.92 Å². The van der Waals surface area contributed by atoms with Crippen LogP contribution in [0.5, 0.6) is 11.5 Å². The molecule has 2 aromatic carbocycles. The van der Waals surface area contributed by atoms with Crippen LogP contribution in [0.1, 0.15) is 18.5 Å². The van der Waals surface area contributed by atoms with E-state index >= 15 is 0 Å². The predicted molar refractivity (Wildman–Crippen MR) is 79.9 cm³/mol. The third-order valence-electron chi connectivity index (χ3n) is 2.74. The number of ether oxygens (including phenoxy) is 1. The van der Waals surface area contributed by atoms with Gasteiger partial charge in [-0.25, -0.2) is 0 Å². The molecule has 0 saturated carbocycles. The van der Waals surface area contributed by atoms with Crippen LogP contribution in [0, 0.1) is 10.1 Å². The highest BCUT2D eigenvalue weighted by Gasteiger charge is 2.17. The molecule has 20 heavy (non-hydrogen) atoms. The lowest BCUT2D eigenvalue weighted by molar-refractivity contribution is -0.385. The summed E-state index contributed by atoms with van der Waals surface area (Å²) in [5.74, 6) is 0.708. The molecule has 6 heteroatoms. The Balaban J connectivity index is 2.43. The molecule has 2 aromatic rings. The zero-order valence-corrected chi connectivity index (χ0v) is 12.3. The molecule has 0 spiro atoms. The average Bonchev–Trinajstić information content (AvgIpc) is 2.41. The number of halogens is 1. The van der Waals surface area contributed by atoms with Crippen LogP contribution in [0.3, 0.4) is 0 Å². The Morgan fingerprint density at radius 2 is 1.95 bits per heavy atom. The summed E-state index contributed by atoms with van der Waals surface area (Å²) in [5.41, 5.74) is 6.60. The standard InChI is InChI=1S/C14H13BrN2O3/c1-9(16)11-8-10(15)6-7-13(11)20-14-5-3-2-4-12(14)17(18)19/h2-9H,16H2,1H3. The second-order valence-corrected chi connectivity index (χ2v) is 5.21. The number of nitrogens with two attached hydrogens (primary N) is 1. The van der Waals surface area contributed by atoms with Gasteiger partial charge in [-0.15, -0.1) is 0 Å². The summed E-state index contributed by atoms with van der Waals surface area (Å²) >= 11 is 3.37. The van der Waals surface area contributed by atoms with Crippen molar-refractivity contribution in [1.29, 1.82) is 0 Å². The smallest absolute Gasteiger partial charge is 0.311 e. The summed E-state index contributed by atoms with van der Waals surface area (Å²) in [5, 5.41) is 11.0. The second-order valence-electron chi connectivity index (χ2n) is 4.30. The first-order valence-corrected chi connectivity index (χ1v) is 6.74. The number of para-hydroxylation sites is 2. The van der Waals surface area contributed by atoms with Crippen LogP contribution in [0.4, 0.5) is 5.69 Å². The molecule has 104 valence electrons. The molecular formula is C14H13BrN2O3. The molecule has 0 aliphatic carbocycles. The maximum atomic E-state index is 11.0. The molecule has 0 aliphatic rings. The second kappa shape index (κ2) is 6.02. The van der Waals surface area contributed by atoms with Crippen molar-refractivity contribution in [1.82, 2.24) is 0 Å². The highest BCUT2D eigenvalue weighted by atomic mass is 79.9. The number of nitrogens with zero attached hydrogens (tertiary/aromatic N) is 1. The van der Waals surface area contributed by atoms with E-state index in [9.17, 15) is 10.1 Å². The molecule has 0 amide bonds. The molecule has 1 atom stereocenters. The lowest BCUT2D eigenvalue weighted by atomic mass is 10.1. The van der Waals surface area contributed by atoms with E-state index in [0.29, 0.717) is 5.75 Å². The highest BCUT2D eigenvalue weighted by Crippen LogP contribution is 2.35. The minimum atomic E-state index is -0.472. The molecule has 0 saturated heterocycles. The molecule has 0 aliphatic heterocycles. The lowest BCUT2D eigenvalue weighted by Gasteiger charge is -2.14. The van der Waals surface area contributed by atoms with E-state index in [1.165, 1.54) is 6.07 Å². The molecule has 2 rings (SSSR count). The number of rotatable bonds is 4. The summed E-state index contributed by atoms with van der Waals surface area (Å²) in [4.78, 5) is 10.5. The largest absolute Gasteiger partial charge is 0.450 e. The van der Waals surface area contributed by atoms with Crippen molar-refractivity contribution in [2.45, 2.75) is 13.0 Å². The van der Waals surface area contributed by atoms with Crippen molar-refractivity contribution < 1.29 is 9.66 Å². The molecule has 5 nitrogen and oxygen atoms in total. The van der Waals surface area contributed by atoms with Gasteiger partial charge in [0.1, 0.15) is 5.75 Å². The van der Waals surface area contributed by atoms with Crippen molar-refractivity contribution in [3.8, 4) is 11.5 Å². The first kappa shape index (κ1) is 14.5. The first-order chi connectivity index (χ1) is 9.49. The van der Waals surface area contributed by atoms with Crippen molar-refractivity contribution >= 4 is 21.6 Å². The number of hydrogen-bond acceptors (Lipinski definition) is 4. The third kappa shape index (κ3) is 3.15. The van der Waals surface area contributed by atoms with Gasteiger partial charge < -0.3 is 10.5 Å². The maximum absolute atomic E-state index is 11.0. The van der Waals surface area contributed by atoms with E-state index in [0.717, 1.165) is 10.0 Å².